The first-order valence-electron chi connectivity index (χ1n) is 5.55. The van der Waals surface area contributed by atoms with Crippen molar-refractivity contribution < 1.29 is 13.6 Å². The van der Waals surface area contributed by atoms with Crippen LogP contribution in [0.15, 0.2) is 36.4 Å². The average Bonchev–Trinajstić information content (AvgIpc) is 2.30. The zero-order valence-corrected chi connectivity index (χ0v) is 10.1. The van der Waals surface area contributed by atoms with Crippen molar-refractivity contribution in [1.82, 2.24) is 0 Å². The smallest absolute Gasteiger partial charge is 0.196 e. The maximum Gasteiger partial charge on any atom is 0.196 e. The van der Waals surface area contributed by atoms with Gasteiger partial charge >= 0.3 is 0 Å². The van der Waals surface area contributed by atoms with Gasteiger partial charge in [0.05, 0.1) is 5.56 Å². The zero-order valence-electron chi connectivity index (χ0n) is 10.1. The highest BCUT2D eigenvalue weighted by Gasteiger charge is 2.15. The van der Waals surface area contributed by atoms with E-state index in [0.29, 0.717) is 5.56 Å². The zero-order chi connectivity index (χ0) is 13.3. The predicted molar refractivity (Wildman–Crippen MR) is 65.7 cm³/mol. The normalized spacial score (nSPS) is 10.4. The standard InChI is InChI=1S/C15H12F2O/c1-9-3-4-14(17)13(7-9)15(18)11-5-10(2)6-12(16)8-11/h3-8H,1-2H3. The first-order chi connectivity index (χ1) is 8.47. The van der Waals surface area contributed by atoms with Gasteiger partial charge in [0.1, 0.15) is 11.6 Å². The molecule has 3 heteroatoms. The van der Waals surface area contributed by atoms with Crippen LogP contribution in [-0.4, -0.2) is 5.78 Å². The summed E-state index contributed by atoms with van der Waals surface area (Å²) < 4.78 is 26.8. The number of halogens is 2. The molecular weight excluding hydrogens is 234 g/mol. The van der Waals surface area contributed by atoms with Crippen molar-refractivity contribution >= 4 is 5.78 Å². The number of ketones is 1. The Hall–Kier alpha value is -2.03. The second-order valence-electron chi connectivity index (χ2n) is 4.33. The van der Waals surface area contributed by atoms with Crippen LogP contribution in [0.2, 0.25) is 0 Å². The van der Waals surface area contributed by atoms with Crippen molar-refractivity contribution in [3.63, 3.8) is 0 Å². The van der Waals surface area contributed by atoms with Gasteiger partial charge in [-0.2, -0.15) is 0 Å². The van der Waals surface area contributed by atoms with Crippen LogP contribution in [0.4, 0.5) is 8.78 Å². The Morgan fingerprint density at radius 1 is 0.944 bits per heavy atom. The summed E-state index contributed by atoms with van der Waals surface area (Å²) in [6, 6.07) is 8.29. The van der Waals surface area contributed by atoms with E-state index >= 15 is 0 Å². The number of carbonyl (C=O) groups excluding carboxylic acids is 1. The molecule has 0 fully saturated rings. The molecule has 2 aromatic rings. The minimum atomic E-state index is -0.590. The summed E-state index contributed by atoms with van der Waals surface area (Å²) in [6.07, 6.45) is 0. The molecule has 0 atom stereocenters. The largest absolute Gasteiger partial charge is 0.288 e. The third-order valence-electron chi connectivity index (χ3n) is 2.67. The number of aryl methyl sites for hydroxylation is 2. The SMILES string of the molecule is Cc1cc(F)cc(C(=O)c2cc(C)ccc2F)c1. The second-order valence-corrected chi connectivity index (χ2v) is 4.33. The Balaban J connectivity index is 2.51. The molecule has 0 aliphatic rings. The molecular formula is C15H12F2O. The van der Waals surface area contributed by atoms with Crippen LogP contribution in [0.5, 0.6) is 0 Å². The van der Waals surface area contributed by atoms with E-state index in [2.05, 4.69) is 0 Å². The molecule has 1 nitrogen and oxygen atoms in total. The molecule has 2 aromatic carbocycles. The van der Waals surface area contributed by atoms with E-state index in [9.17, 15) is 13.6 Å². The summed E-state index contributed by atoms with van der Waals surface area (Å²) in [6.45, 7) is 3.46. The van der Waals surface area contributed by atoms with Crippen molar-refractivity contribution in [2.24, 2.45) is 0 Å². The minimum absolute atomic E-state index is 0.0278. The van der Waals surface area contributed by atoms with Gasteiger partial charge in [-0.3, -0.25) is 4.79 Å². The Kier molecular flexibility index (Phi) is 3.24. The lowest BCUT2D eigenvalue weighted by atomic mass is 9.99. The summed E-state index contributed by atoms with van der Waals surface area (Å²) in [5.41, 5.74) is 1.55. The van der Waals surface area contributed by atoms with Gasteiger partial charge in [0.15, 0.2) is 5.78 Å². The summed E-state index contributed by atoms with van der Waals surface area (Å²) >= 11 is 0. The van der Waals surface area contributed by atoms with Crippen LogP contribution in [0.1, 0.15) is 27.0 Å². The quantitative estimate of drug-likeness (QED) is 0.736. The topological polar surface area (TPSA) is 17.1 Å². The van der Waals surface area contributed by atoms with Gasteiger partial charge in [0, 0.05) is 5.56 Å². The van der Waals surface area contributed by atoms with Gasteiger partial charge in [-0.1, -0.05) is 11.6 Å². The highest BCUT2D eigenvalue weighted by Crippen LogP contribution is 2.17. The molecule has 0 saturated heterocycles. The minimum Gasteiger partial charge on any atom is -0.288 e. The fourth-order valence-corrected chi connectivity index (χ4v) is 1.84. The Morgan fingerprint density at radius 3 is 2.33 bits per heavy atom. The monoisotopic (exact) mass is 246 g/mol. The van der Waals surface area contributed by atoms with Crippen LogP contribution >= 0.6 is 0 Å². The van der Waals surface area contributed by atoms with E-state index < -0.39 is 17.4 Å². The Morgan fingerprint density at radius 2 is 1.67 bits per heavy atom. The van der Waals surface area contributed by atoms with Crippen molar-refractivity contribution in [3.8, 4) is 0 Å². The molecule has 0 aliphatic heterocycles. The second kappa shape index (κ2) is 4.69. The van der Waals surface area contributed by atoms with Gasteiger partial charge in [-0.05, 0) is 49.7 Å². The molecule has 0 heterocycles. The lowest BCUT2D eigenvalue weighted by Gasteiger charge is -2.05. The Bertz CT molecular complexity index is 598. The van der Waals surface area contributed by atoms with Crippen LogP contribution in [0.3, 0.4) is 0 Å². The average molecular weight is 246 g/mol. The fourth-order valence-electron chi connectivity index (χ4n) is 1.84. The third-order valence-corrected chi connectivity index (χ3v) is 2.67. The summed E-state index contributed by atoms with van der Waals surface area (Å²) in [5, 5.41) is 0. The first-order valence-corrected chi connectivity index (χ1v) is 5.55. The number of benzene rings is 2. The predicted octanol–water partition coefficient (Wildman–Crippen LogP) is 3.81. The van der Waals surface area contributed by atoms with Crippen LogP contribution < -0.4 is 0 Å². The maximum atomic E-state index is 13.6. The third kappa shape index (κ3) is 2.45. The molecule has 0 saturated carbocycles. The molecule has 0 radical (unpaired) electrons. The molecule has 2 rings (SSSR count). The number of hydrogen-bond acceptors (Lipinski definition) is 1. The number of hydrogen-bond donors (Lipinski definition) is 0. The van der Waals surface area contributed by atoms with Crippen molar-refractivity contribution in [2.45, 2.75) is 13.8 Å². The highest BCUT2D eigenvalue weighted by atomic mass is 19.1. The van der Waals surface area contributed by atoms with Crippen molar-refractivity contribution in [1.29, 1.82) is 0 Å². The van der Waals surface area contributed by atoms with E-state index in [4.69, 9.17) is 0 Å². The van der Waals surface area contributed by atoms with E-state index in [1.54, 1.807) is 26.0 Å². The van der Waals surface area contributed by atoms with Crippen molar-refractivity contribution in [2.75, 3.05) is 0 Å². The van der Waals surface area contributed by atoms with E-state index in [-0.39, 0.29) is 11.1 Å². The highest BCUT2D eigenvalue weighted by molar-refractivity contribution is 6.09. The summed E-state index contributed by atoms with van der Waals surface area (Å²) in [5.74, 6) is -1.59. The maximum absolute atomic E-state index is 13.6. The van der Waals surface area contributed by atoms with Gasteiger partial charge in [-0.15, -0.1) is 0 Å². The summed E-state index contributed by atoms with van der Waals surface area (Å²) in [7, 11) is 0. The van der Waals surface area contributed by atoms with Crippen molar-refractivity contribution in [3.05, 3.63) is 70.3 Å². The van der Waals surface area contributed by atoms with Gasteiger partial charge in [0.2, 0.25) is 0 Å². The van der Waals surface area contributed by atoms with Crippen LogP contribution in [-0.2, 0) is 0 Å². The molecule has 18 heavy (non-hydrogen) atoms. The molecule has 0 spiro atoms. The van der Waals surface area contributed by atoms with Gasteiger partial charge in [0.25, 0.3) is 0 Å². The molecule has 0 aromatic heterocycles. The molecule has 0 unspecified atom stereocenters. The Labute approximate surface area is 104 Å². The number of carbonyl (C=O) groups is 1. The van der Waals surface area contributed by atoms with Crippen LogP contribution in [0, 0.1) is 25.5 Å². The van der Waals surface area contributed by atoms with E-state index in [1.165, 1.54) is 18.2 Å². The molecule has 0 N–H and O–H groups in total. The molecule has 0 aliphatic carbocycles. The van der Waals surface area contributed by atoms with E-state index in [0.717, 1.165) is 11.6 Å². The van der Waals surface area contributed by atoms with Gasteiger partial charge in [-0.25, -0.2) is 8.78 Å². The van der Waals surface area contributed by atoms with E-state index in [1.807, 2.05) is 0 Å². The lowest BCUT2D eigenvalue weighted by molar-refractivity contribution is 0.103. The van der Waals surface area contributed by atoms with Crippen LogP contribution in [0.25, 0.3) is 0 Å². The first kappa shape index (κ1) is 12.4. The number of rotatable bonds is 2. The molecule has 0 amide bonds. The molecule has 0 bridgehead atoms. The molecule has 92 valence electrons. The van der Waals surface area contributed by atoms with Gasteiger partial charge < -0.3 is 0 Å². The lowest BCUT2D eigenvalue weighted by Crippen LogP contribution is -2.05. The fraction of sp³-hybridized carbons (Fsp3) is 0.133. The summed E-state index contributed by atoms with van der Waals surface area (Å²) in [4.78, 5) is 12.1.